The lowest BCUT2D eigenvalue weighted by Crippen LogP contribution is -2.26. The molecular formula is C20H17NO8S. The minimum absolute atomic E-state index is 0.0519. The summed E-state index contributed by atoms with van der Waals surface area (Å²) in [5.41, 5.74) is 0.184. The first-order chi connectivity index (χ1) is 14.2. The Morgan fingerprint density at radius 2 is 1.70 bits per heavy atom. The number of fused-ring (bicyclic) bond motifs is 1. The van der Waals surface area contributed by atoms with Gasteiger partial charge in [-0.25, -0.2) is 9.59 Å². The second-order valence-corrected chi connectivity index (χ2v) is 7.56. The van der Waals surface area contributed by atoms with E-state index in [1.165, 1.54) is 42.5 Å². The summed E-state index contributed by atoms with van der Waals surface area (Å²) >= 11 is 0. The second kappa shape index (κ2) is 8.01. The van der Waals surface area contributed by atoms with Crippen LogP contribution in [0, 0.1) is 0 Å². The summed E-state index contributed by atoms with van der Waals surface area (Å²) < 4.78 is 41.9. The average molecular weight is 431 g/mol. The minimum Gasteiger partial charge on any atom is -0.507 e. The van der Waals surface area contributed by atoms with Crippen LogP contribution in [-0.4, -0.2) is 44.2 Å². The molecule has 0 aliphatic carbocycles. The fourth-order valence-electron chi connectivity index (χ4n) is 2.97. The lowest BCUT2D eigenvalue weighted by Gasteiger charge is -2.23. The number of nitrogens with zero attached hydrogens (tertiary/aromatic N) is 1. The number of aromatic hydroxyl groups is 1. The van der Waals surface area contributed by atoms with E-state index in [0.717, 1.165) is 13.2 Å². The van der Waals surface area contributed by atoms with Crippen molar-refractivity contribution in [2.75, 3.05) is 19.1 Å². The van der Waals surface area contributed by atoms with Gasteiger partial charge in [0.05, 0.1) is 24.7 Å². The van der Waals surface area contributed by atoms with Gasteiger partial charge in [0.1, 0.15) is 11.4 Å². The second-order valence-electron chi connectivity index (χ2n) is 6.14. The zero-order chi connectivity index (χ0) is 22.1. The van der Waals surface area contributed by atoms with Crippen LogP contribution in [-0.2, 0) is 29.2 Å². The smallest absolute Gasteiger partial charge is 0.355 e. The highest BCUT2D eigenvalue weighted by Gasteiger charge is 2.27. The van der Waals surface area contributed by atoms with Crippen LogP contribution in [0.1, 0.15) is 0 Å². The largest absolute Gasteiger partial charge is 0.507 e. The van der Waals surface area contributed by atoms with Crippen LogP contribution in [0.5, 0.6) is 5.75 Å². The first kappa shape index (κ1) is 21.1. The van der Waals surface area contributed by atoms with Crippen LogP contribution in [0.4, 0.5) is 5.69 Å². The van der Waals surface area contributed by atoms with Crippen LogP contribution in [0.25, 0.3) is 10.8 Å². The number of rotatable bonds is 4. The third kappa shape index (κ3) is 3.91. The third-order valence-corrected chi connectivity index (χ3v) is 5.18. The molecule has 1 aliphatic rings. The van der Waals surface area contributed by atoms with E-state index in [2.05, 4.69) is 0 Å². The molecule has 0 radical (unpaired) electrons. The van der Waals surface area contributed by atoms with E-state index in [-0.39, 0.29) is 22.4 Å². The van der Waals surface area contributed by atoms with Gasteiger partial charge in [-0.1, -0.05) is 6.08 Å². The molecule has 156 valence electrons. The molecule has 10 heteroatoms. The zero-order valence-corrected chi connectivity index (χ0v) is 16.7. The van der Waals surface area contributed by atoms with Gasteiger partial charge in [0.15, 0.2) is 0 Å². The molecule has 0 unspecified atom stereocenters. The van der Waals surface area contributed by atoms with Crippen LogP contribution in [0.15, 0.2) is 70.9 Å². The Labute approximate surface area is 171 Å². The zero-order valence-electron chi connectivity index (χ0n) is 15.9. The number of phenolic OH excluding ortho intramolecular Hbond substituents is 1. The molecule has 1 aliphatic heterocycles. The summed E-state index contributed by atoms with van der Waals surface area (Å²) in [6.07, 6.45) is 6.03. The number of carbonyl (C=O) groups is 2. The molecule has 1 heterocycles. The minimum atomic E-state index is -4.55. The normalized spacial score (nSPS) is 14.0. The molecule has 0 fully saturated rings. The van der Waals surface area contributed by atoms with Crippen molar-refractivity contribution in [3.63, 3.8) is 0 Å². The van der Waals surface area contributed by atoms with E-state index >= 15 is 0 Å². The average Bonchev–Trinajstić information content (AvgIpc) is 2.94. The van der Waals surface area contributed by atoms with E-state index in [0.29, 0.717) is 11.1 Å². The number of methoxy groups -OCH3 is 2. The molecule has 0 atom stereocenters. The Morgan fingerprint density at radius 3 is 2.33 bits per heavy atom. The maximum atomic E-state index is 12.5. The Balaban J connectivity index is 2.26. The molecule has 0 aromatic heterocycles. The van der Waals surface area contributed by atoms with E-state index in [1.54, 1.807) is 18.2 Å². The highest BCUT2D eigenvalue weighted by atomic mass is 32.2. The van der Waals surface area contributed by atoms with Crippen molar-refractivity contribution in [2.45, 2.75) is 4.90 Å². The first-order valence-corrected chi connectivity index (χ1v) is 9.90. The van der Waals surface area contributed by atoms with E-state index in [4.69, 9.17) is 9.47 Å². The van der Waals surface area contributed by atoms with Gasteiger partial charge in [-0.15, -0.1) is 0 Å². The predicted molar refractivity (Wildman–Crippen MR) is 107 cm³/mol. The van der Waals surface area contributed by atoms with Crippen molar-refractivity contribution in [3.05, 3.63) is 66.0 Å². The molecule has 0 spiro atoms. The number of phenols is 1. The van der Waals surface area contributed by atoms with E-state index in [9.17, 15) is 27.7 Å². The summed E-state index contributed by atoms with van der Waals surface area (Å²) in [5.74, 6) is -1.91. The molecule has 9 nitrogen and oxygen atoms in total. The molecule has 0 saturated heterocycles. The number of esters is 2. The molecule has 30 heavy (non-hydrogen) atoms. The van der Waals surface area contributed by atoms with Gasteiger partial charge in [-0.05, 0) is 41.8 Å². The fourth-order valence-corrected chi connectivity index (χ4v) is 3.51. The number of hydrogen-bond acceptors (Lipinski definition) is 8. The third-order valence-electron chi connectivity index (χ3n) is 4.35. The Kier molecular flexibility index (Phi) is 5.63. The summed E-state index contributed by atoms with van der Waals surface area (Å²) in [6.45, 7) is 0. The topological polar surface area (TPSA) is 130 Å². The van der Waals surface area contributed by atoms with Crippen molar-refractivity contribution in [1.82, 2.24) is 0 Å². The van der Waals surface area contributed by atoms with Gasteiger partial charge < -0.3 is 19.5 Å². The summed E-state index contributed by atoms with van der Waals surface area (Å²) in [7, 11) is -2.21. The fraction of sp³-hybridized carbons (Fsp3) is 0.100. The van der Waals surface area contributed by atoms with Gasteiger partial charge in [0.25, 0.3) is 10.1 Å². The SMILES string of the molecule is COC(=O)C1=C(C(=O)OC)N(c2ccc3c(O)cc(S(=O)(=O)O)cc3c2)C=CC=C1. The molecular weight excluding hydrogens is 414 g/mol. The van der Waals surface area contributed by atoms with Gasteiger partial charge in [0.2, 0.25) is 0 Å². The molecule has 3 rings (SSSR count). The van der Waals surface area contributed by atoms with Crippen molar-refractivity contribution < 1.29 is 37.1 Å². The molecule has 2 N–H and O–H groups in total. The van der Waals surface area contributed by atoms with Crippen molar-refractivity contribution in [3.8, 4) is 5.75 Å². The Morgan fingerprint density at radius 1 is 1.00 bits per heavy atom. The Hall–Kier alpha value is -3.63. The van der Waals surface area contributed by atoms with Gasteiger partial charge in [-0.3, -0.25) is 4.55 Å². The van der Waals surface area contributed by atoms with Gasteiger partial charge in [0, 0.05) is 23.3 Å². The molecule has 0 amide bonds. The number of anilines is 1. The van der Waals surface area contributed by atoms with Gasteiger partial charge in [-0.2, -0.15) is 8.42 Å². The molecule has 0 saturated carbocycles. The number of benzene rings is 2. The van der Waals surface area contributed by atoms with Gasteiger partial charge >= 0.3 is 11.9 Å². The highest BCUT2D eigenvalue weighted by Crippen LogP contribution is 2.34. The lowest BCUT2D eigenvalue weighted by molar-refractivity contribution is -0.139. The van der Waals surface area contributed by atoms with E-state index in [1.807, 2.05) is 0 Å². The predicted octanol–water partition coefficient (Wildman–Crippen LogP) is 2.28. The number of ether oxygens (including phenoxy) is 2. The van der Waals surface area contributed by atoms with Crippen molar-refractivity contribution >= 4 is 38.5 Å². The molecule has 0 bridgehead atoms. The van der Waals surface area contributed by atoms with E-state index < -0.39 is 27.0 Å². The van der Waals surface area contributed by atoms with Crippen LogP contribution < -0.4 is 4.90 Å². The van der Waals surface area contributed by atoms with Crippen molar-refractivity contribution in [1.29, 1.82) is 0 Å². The summed E-state index contributed by atoms with van der Waals surface area (Å²) in [5, 5.41) is 10.7. The molecule has 2 aromatic rings. The number of carbonyl (C=O) groups excluding carboxylic acids is 2. The van der Waals surface area contributed by atoms with Crippen LogP contribution >= 0.6 is 0 Å². The first-order valence-electron chi connectivity index (χ1n) is 8.46. The summed E-state index contributed by atoms with van der Waals surface area (Å²) in [6, 6.07) is 6.66. The summed E-state index contributed by atoms with van der Waals surface area (Å²) in [4.78, 5) is 25.6. The standard InChI is InChI=1S/C20H17NO8S/c1-28-19(23)16-5-3-4-8-21(18(16)20(24)29-2)13-6-7-15-12(9-13)10-14(11-17(15)22)30(25,26)27/h3-11,22H,1-2H3,(H,25,26,27). The Bertz CT molecular complexity index is 1240. The number of allylic oxidation sites excluding steroid dienone is 2. The quantitative estimate of drug-likeness (QED) is 0.553. The lowest BCUT2D eigenvalue weighted by atomic mass is 10.1. The van der Waals surface area contributed by atoms with Crippen molar-refractivity contribution in [2.24, 2.45) is 0 Å². The molecule has 2 aromatic carbocycles. The maximum absolute atomic E-state index is 12.5. The maximum Gasteiger partial charge on any atom is 0.355 e. The number of hydrogen-bond donors (Lipinski definition) is 2. The van der Waals surface area contributed by atoms with Crippen LogP contribution in [0.2, 0.25) is 0 Å². The van der Waals surface area contributed by atoms with Crippen LogP contribution in [0.3, 0.4) is 0 Å². The highest BCUT2D eigenvalue weighted by molar-refractivity contribution is 7.85. The monoisotopic (exact) mass is 431 g/mol.